The molecule has 0 saturated heterocycles. The first kappa shape index (κ1) is 13.1. The first-order valence-electron chi connectivity index (χ1n) is 6.22. The van der Waals surface area contributed by atoms with Crippen molar-refractivity contribution >= 4 is 15.9 Å². The van der Waals surface area contributed by atoms with Gasteiger partial charge in [0.1, 0.15) is 0 Å². The average Bonchev–Trinajstić information content (AvgIpc) is 2.75. The topological polar surface area (TPSA) is 21.3 Å². The van der Waals surface area contributed by atoms with Crippen LogP contribution in [0.4, 0.5) is 0 Å². The molecule has 1 aliphatic carbocycles. The summed E-state index contributed by atoms with van der Waals surface area (Å²) in [6.07, 6.45) is 4.07. The van der Waals surface area contributed by atoms with Crippen LogP contribution in [0, 0.1) is 6.92 Å². The van der Waals surface area contributed by atoms with Crippen LogP contribution < -0.4 is 5.32 Å². The standard InChI is InChI=1S/C14H20BrNO/c1-10-6-7-11(12(15)8-10)9-16-13-4-3-5-14(13)17-2/h6-8,13-14,16H,3-5,9H2,1-2H3. The number of methoxy groups -OCH3 is 1. The smallest absolute Gasteiger partial charge is 0.0724 e. The molecule has 0 amide bonds. The molecule has 2 rings (SSSR count). The Morgan fingerprint density at radius 1 is 1.41 bits per heavy atom. The van der Waals surface area contributed by atoms with Crippen LogP contribution in [0.15, 0.2) is 22.7 Å². The van der Waals surface area contributed by atoms with Crippen LogP contribution in [-0.4, -0.2) is 19.3 Å². The zero-order chi connectivity index (χ0) is 12.3. The Morgan fingerprint density at radius 2 is 2.24 bits per heavy atom. The molecule has 1 N–H and O–H groups in total. The predicted molar refractivity (Wildman–Crippen MR) is 74.2 cm³/mol. The summed E-state index contributed by atoms with van der Waals surface area (Å²) in [7, 11) is 1.81. The lowest BCUT2D eigenvalue weighted by Gasteiger charge is -2.20. The van der Waals surface area contributed by atoms with Crippen LogP contribution in [0.2, 0.25) is 0 Å². The van der Waals surface area contributed by atoms with Gasteiger partial charge in [-0.15, -0.1) is 0 Å². The Morgan fingerprint density at radius 3 is 2.94 bits per heavy atom. The number of benzene rings is 1. The van der Waals surface area contributed by atoms with E-state index in [1.165, 1.54) is 34.9 Å². The Bertz CT molecular complexity index is 380. The number of aryl methyl sites for hydroxylation is 1. The minimum absolute atomic E-state index is 0.388. The molecule has 1 aromatic carbocycles. The SMILES string of the molecule is COC1CCCC1NCc1ccc(C)cc1Br. The van der Waals surface area contributed by atoms with E-state index >= 15 is 0 Å². The van der Waals surface area contributed by atoms with Crippen molar-refractivity contribution in [3.05, 3.63) is 33.8 Å². The van der Waals surface area contributed by atoms with E-state index in [9.17, 15) is 0 Å². The highest BCUT2D eigenvalue weighted by molar-refractivity contribution is 9.10. The maximum absolute atomic E-state index is 5.49. The molecule has 0 aliphatic heterocycles. The van der Waals surface area contributed by atoms with Crippen LogP contribution in [0.25, 0.3) is 0 Å². The fourth-order valence-corrected chi connectivity index (χ4v) is 3.11. The van der Waals surface area contributed by atoms with Crippen molar-refractivity contribution in [3.63, 3.8) is 0 Å². The van der Waals surface area contributed by atoms with Crippen molar-refractivity contribution in [2.45, 2.75) is 44.9 Å². The molecule has 0 spiro atoms. The molecule has 1 aliphatic rings. The Hall–Kier alpha value is -0.380. The number of hydrogen-bond acceptors (Lipinski definition) is 2. The third-order valence-electron chi connectivity index (χ3n) is 3.52. The summed E-state index contributed by atoms with van der Waals surface area (Å²) in [6, 6.07) is 7.01. The molecule has 1 aromatic rings. The van der Waals surface area contributed by atoms with Crippen LogP contribution in [0.5, 0.6) is 0 Å². The van der Waals surface area contributed by atoms with Gasteiger partial charge in [-0.05, 0) is 43.4 Å². The molecular formula is C14H20BrNO. The molecular weight excluding hydrogens is 278 g/mol. The van der Waals surface area contributed by atoms with E-state index in [2.05, 4.69) is 46.4 Å². The Kier molecular flexibility index (Phi) is 4.60. The minimum atomic E-state index is 0.388. The summed E-state index contributed by atoms with van der Waals surface area (Å²) in [5.74, 6) is 0. The van der Waals surface area contributed by atoms with E-state index in [1.54, 1.807) is 0 Å². The monoisotopic (exact) mass is 297 g/mol. The average molecular weight is 298 g/mol. The number of nitrogens with one attached hydrogen (secondary N) is 1. The van der Waals surface area contributed by atoms with Gasteiger partial charge in [0.05, 0.1) is 6.10 Å². The van der Waals surface area contributed by atoms with Crippen LogP contribution >= 0.6 is 15.9 Å². The van der Waals surface area contributed by atoms with Gasteiger partial charge in [-0.1, -0.05) is 28.1 Å². The number of rotatable bonds is 4. The fourth-order valence-electron chi connectivity index (χ4n) is 2.48. The number of ether oxygens (including phenoxy) is 1. The van der Waals surface area contributed by atoms with Gasteiger partial charge in [-0.25, -0.2) is 0 Å². The molecule has 1 fully saturated rings. The van der Waals surface area contributed by atoms with E-state index in [4.69, 9.17) is 4.74 Å². The van der Waals surface area contributed by atoms with Gasteiger partial charge in [0.25, 0.3) is 0 Å². The van der Waals surface area contributed by atoms with Gasteiger partial charge in [0.2, 0.25) is 0 Å². The molecule has 17 heavy (non-hydrogen) atoms. The Labute approximate surface area is 112 Å². The zero-order valence-electron chi connectivity index (χ0n) is 10.5. The van der Waals surface area contributed by atoms with Crippen molar-refractivity contribution in [2.75, 3.05) is 7.11 Å². The predicted octanol–water partition coefficient (Wildman–Crippen LogP) is 3.41. The summed E-state index contributed by atoms with van der Waals surface area (Å²) >= 11 is 3.62. The summed E-state index contributed by atoms with van der Waals surface area (Å²) in [6.45, 7) is 3.02. The quantitative estimate of drug-likeness (QED) is 0.919. The van der Waals surface area contributed by atoms with Crippen molar-refractivity contribution < 1.29 is 4.74 Å². The second-order valence-electron chi connectivity index (χ2n) is 4.79. The number of halogens is 1. The lowest BCUT2D eigenvalue weighted by atomic mass is 10.1. The molecule has 2 nitrogen and oxygen atoms in total. The lowest BCUT2D eigenvalue weighted by Crippen LogP contribution is -2.36. The van der Waals surface area contributed by atoms with Gasteiger partial charge in [-0.2, -0.15) is 0 Å². The van der Waals surface area contributed by atoms with Crippen molar-refractivity contribution in [1.82, 2.24) is 5.32 Å². The summed E-state index contributed by atoms with van der Waals surface area (Å²) in [5.41, 5.74) is 2.61. The van der Waals surface area contributed by atoms with Crippen LogP contribution in [0.1, 0.15) is 30.4 Å². The number of hydrogen-bond donors (Lipinski definition) is 1. The molecule has 2 unspecified atom stereocenters. The molecule has 0 heterocycles. The zero-order valence-corrected chi connectivity index (χ0v) is 12.1. The lowest BCUT2D eigenvalue weighted by molar-refractivity contribution is 0.0847. The fraction of sp³-hybridized carbons (Fsp3) is 0.571. The van der Waals surface area contributed by atoms with Gasteiger partial charge >= 0.3 is 0 Å². The molecule has 1 saturated carbocycles. The van der Waals surface area contributed by atoms with E-state index in [0.717, 1.165) is 6.54 Å². The largest absolute Gasteiger partial charge is 0.380 e. The van der Waals surface area contributed by atoms with Crippen molar-refractivity contribution in [2.24, 2.45) is 0 Å². The van der Waals surface area contributed by atoms with Crippen molar-refractivity contribution in [1.29, 1.82) is 0 Å². The van der Waals surface area contributed by atoms with Gasteiger partial charge in [-0.3, -0.25) is 0 Å². The molecule has 0 bridgehead atoms. The van der Waals surface area contributed by atoms with E-state index in [-0.39, 0.29) is 0 Å². The normalized spacial score (nSPS) is 24.2. The minimum Gasteiger partial charge on any atom is -0.380 e. The van der Waals surface area contributed by atoms with Crippen LogP contribution in [0.3, 0.4) is 0 Å². The first-order valence-corrected chi connectivity index (χ1v) is 7.01. The summed E-state index contributed by atoms with van der Waals surface area (Å²) < 4.78 is 6.68. The molecule has 3 heteroatoms. The second-order valence-corrected chi connectivity index (χ2v) is 5.64. The third kappa shape index (κ3) is 3.30. The maximum Gasteiger partial charge on any atom is 0.0724 e. The highest BCUT2D eigenvalue weighted by Crippen LogP contribution is 2.23. The maximum atomic E-state index is 5.49. The Balaban J connectivity index is 1.93. The summed E-state index contributed by atoms with van der Waals surface area (Å²) in [4.78, 5) is 0. The molecule has 0 radical (unpaired) electrons. The van der Waals surface area contributed by atoms with E-state index < -0.39 is 0 Å². The second kappa shape index (κ2) is 5.98. The highest BCUT2D eigenvalue weighted by atomic mass is 79.9. The third-order valence-corrected chi connectivity index (χ3v) is 4.26. The highest BCUT2D eigenvalue weighted by Gasteiger charge is 2.26. The molecule has 0 aromatic heterocycles. The van der Waals surface area contributed by atoms with Gasteiger partial charge in [0.15, 0.2) is 0 Å². The van der Waals surface area contributed by atoms with Crippen LogP contribution in [-0.2, 0) is 11.3 Å². The van der Waals surface area contributed by atoms with Gasteiger partial charge in [0, 0.05) is 24.2 Å². The van der Waals surface area contributed by atoms with E-state index in [0.29, 0.717) is 12.1 Å². The molecule has 2 atom stereocenters. The van der Waals surface area contributed by atoms with E-state index in [1.807, 2.05) is 7.11 Å². The first-order chi connectivity index (χ1) is 8.20. The van der Waals surface area contributed by atoms with Gasteiger partial charge < -0.3 is 10.1 Å². The summed E-state index contributed by atoms with van der Waals surface area (Å²) in [5, 5.41) is 3.60. The molecule has 94 valence electrons. The van der Waals surface area contributed by atoms with Crippen molar-refractivity contribution in [3.8, 4) is 0 Å².